The van der Waals surface area contributed by atoms with Crippen molar-refractivity contribution in [2.45, 2.75) is 86.5 Å². The second kappa shape index (κ2) is 14.3. The minimum atomic E-state index is 0.248. The van der Waals surface area contributed by atoms with Crippen LogP contribution in [-0.2, 0) is 0 Å². The van der Waals surface area contributed by atoms with Crippen molar-refractivity contribution in [1.29, 1.82) is 0 Å². The molecule has 0 nitrogen and oxygen atoms in total. The molecule has 26 heavy (non-hydrogen) atoms. The number of alkyl halides is 1. The summed E-state index contributed by atoms with van der Waals surface area (Å²) in [5.74, 6) is 0. The van der Waals surface area contributed by atoms with Gasteiger partial charge in [0.1, 0.15) is 0 Å². The number of halogens is 1. The van der Waals surface area contributed by atoms with Gasteiger partial charge in [-0.1, -0.05) is 89.0 Å². The largest absolute Gasteiger partial charge is 0.0995 e. The molecular formula is C25H41Br. The van der Waals surface area contributed by atoms with E-state index >= 15 is 0 Å². The Hall–Kier alpha value is -0.820. The van der Waals surface area contributed by atoms with Crippen LogP contribution < -0.4 is 0 Å². The van der Waals surface area contributed by atoms with Crippen LogP contribution in [0.4, 0.5) is 0 Å². The molecular weight excluding hydrogens is 380 g/mol. The fourth-order valence-corrected chi connectivity index (χ4v) is 3.19. The lowest BCUT2D eigenvalue weighted by molar-refractivity contribution is 0.435. The van der Waals surface area contributed by atoms with Gasteiger partial charge >= 0.3 is 0 Å². The van der Waals surface area contributed by atoms with Crippen molar-refractivity contribution < 1.29 is 0 Å². The lowest BCUT2D eigenvalue weighted by atomic mass is 9.85. The molecule has 0 atom stereocenters. The van der Waals surface area contributed by atoms with Crippen LogP contribution in [0.5, 0.6) is 0 Å². The fourth-order valence-electron chi connectivity index (χ4n) is 2.64. The van der Waals surface area contributed by atoms with E-state index in [1.807, 2.05) is 0 Å². The molecule has 0 spiro atoms. The van der Waals surface area contributed by atoms with E-state index < -0.39 is 0 Å². The predicted molar refractivity (Wildman–Crippen MR) is 125 cm³/mol. The van der Waals surface area contributed by atoms with Gasteiger partial charge < -0.3 is 0 Å². The van der Waals surface area contributed by atoms with Gasteiger partial charge in [-0.25, -0.2) is 0 Å². The highest BCUT2D eigenvalue weighted by Gasteiger charge is 2.13. The first-order valence-electron chi connectivity index (χ1n) is 10.0. The molecule has 0 radical (unpaired) electrons. The smallest absolute Gasteiger partial charge is 0.0214 e. The normalized spacial score (nSPS) is 13.3. The van der Waals surface area contributed by atoms with E-state index in [-0.39, 0.29) is 5.41 Å². The van der Waals surface area contributed by atoms with Crippen LogP contribution in [0.25, 0.3) is 0 Å². The van der Waals surface area contributed by atoms with E-state index in [1.165, 1.54) is 28.7 Å². The summed E-state index contributed by atoms with van der Waals surface area (Å²) in [6.07, 6.45) is 19.6. The Morgan fingerprint density at radius 2 is 1.50 bits per heavy atom. The maximum atomic E-state index is 4.29. The fraction of sp³-hybridized carbons (Fsp3) is 0.600. The summed E-state index contributed by atoms with van der Waals surface area (Å²) in [4.78, 5) is 0. The second-order valence-electron chi connectivity index (χ2n) is 8.46. The number of hydrogen-bond donors (Lipinski definition) is 0. The van der Waals surface area contributed by atoms with Crippen LogP contribution in [0.3, 0.4) is 0 Å². The Bertz CT molecular complexity index is 522. The number of hydrogen-bond acceptors (Lipinski definition) is 0. The van der Waals surface area contributed by atoms with Gasteiger partial charge in [0.2, 0.25) is 0 Å². The maximum absolute atomic E-state index is 4.29. The Balaban J connectivity index is 4.18. The van der Waals surface area contributed by atoms with Gasteiger partial charge in [0.15, 0.2) is 0 Å². The molecule has 0 N–H and O–H groups in total. The van der Waals surface area contributed by atoms with Crippen LogP contribution >= 0.6 is 15.9 Å². The summed E-state index contributed by atoms with van der Waals surface area (Å²) in [5.41, 5.74) is 5.95. The van der Waals surface area contributed by atoms with E-state index in [4.69, 9.17) is 0 Å². The molecule has 0 saturated carbocycles. The molecule has 0 aromatic rings. The van der Waals surface area contributed by atoms with E-state index in [0.717, 1.165) is 43.9 Å². The minimum absolute atomic E-state index is 0.248. The first-order chi connectivity index (χ1) is 12.2. The third kappa shape index (κ3) is 15.4. The van der Waals surface area contributed by atoms with Crippen LogP contribution in [0, 0.1) is 5.41 Å². The van der Waals surface area contributed by atoms with Crippen molar-refractivity contribution in [3.05, 3.63) is 59.3 Å². The zero-order valence-corrected chi connectivity index (χ0v) is 19.7. The van der Waals surface area contributed by atoms with Gasteiger partial charge in [-0.15, -0.1) is 0 Å². The lowest BCUT2D eigenvalue weighted by Gasteiger charge is -2.20. The summed E-state index contributed by atoms with van der Waals surface area (Å²) in [6, 6.07) is 0. The zero-order chi connectivity index (χ0) is 20.0. The zero-order valence-electron chi connectivity index (χ0n) is 18.1. The average molecular weight is 422 g/mol. The highest BCUT2D eigenvalue weighted by atomic mass is 79.9. The van der Waals surface area contributed by atoms with Crippen molar-refractivity contribution >= 4 is 15.9 Å². The SMILES string of the molecule is C=C(CC=C(C)CCC=C(C)C)CCC(C)(C)C=CCCC(C)=CCBr. The molecule has 148 valence electrons. The van der Waals surface area contributed by atoms with Crippen LogP contribution in [-0.4, -0.2) is 5.33 Å². The van der Waals surface area contributed by atoms with Crippen molar-refractivity contribution in [2.75, 3.05) is 5.33 Å². The molecule has 0 aliphatic carbocycles. The highest BCUT2D eigenvalue weighted by molar-refractivity contribution is 9.09. The molecule has 0 rings (SSSR count). The summed E-state index contributed by atoms with van der Waals surface area (Å²) < 4.78 is 0. The van der Waals surface area contributed by atoms with Gasteiger partial charge in [-0.05, 0) is 78.1 Å². The van der Waals surface area contributed by atoms with Gasteiger partial charge in [0, 0.05) is 5.33 Å². The Kier molecular flexibility index (Phi) is 13.8. The molecule has 0 fully saturated rings. The van der Waals surface area contributed by atoms with Gasteiger partial charge in [-0.3, -0.25) is 0 Å². The van der Waals surface area contributed by atoms with E-state index in [2.05, 4.69) is 94.4 Å². The predicted octanol–water partition coefficient (Wildman–Crippen LogP) is 9.11. The van der Waals surface area contributed by atoms with Crippen molar-refractivity contribution in [3.63, 3.8) is 0 Å². The average Bonchev–Trinajstić information content (AvgIpc) is 2.55. The quantitative estimate of drug-likeness (QED) is 0.205. The molecule has 0 aromatic carbocycles. The summed E-state index contributed by atoms with van der Waals surface area (Å²) in [6.45, 7) is 17.7. The second-order valence-corrected chi connectivity index (χ2v) is 9.11. The Morgan fingerprint density at radius 1 is 0.885 bits per heavy atom. The van der Waals surface area contributed by atoms with Gasteiger partial charge in [0.25, 0.3) is 0 Å². The van der Waals surface area contributed by atoms with Crippen molar-refractivity contribution in [3.8, 4) is 0 Å². The minimum Gasteiger partial charge on any atom is -0.0995 e. The molecule has 0 bridgehead atoms. The van der Waals surface area contributed by atoms with Crippen LogP contribution in [0.1, 0.15) is 86.5 Å². The molecule has 1 heteroatoms. The van der Waals surface area contributed by atoms with Crippen molar-refractivity contribution in [2.24, 2.45) is 5.41 Å². The monoisotopic (exact) mass is 420 g/mol. The molecule has 0 saturated heterocycles. The summed E-state index contributed by atoms with van der Waals surface area (Å²) in [7, 11) is 0. The maximum Gasteiger partial charge on any atom is 0.0214 e. The Labute approximate surface area is 172 Å². The standard InChI is InChI=1S/C25H41Br/c1-21(2)11-10-13-22(3)14-15-24(5)16-19-25(6,7)18-9-8-12-23(4)17-20-26/h9,11,14,17-18H,5,8,10,12-13,15-16,19-20H2,1-4,6-7H3. The molecule has 0 unspecified atom stereocenters. The molecule has 0 heterocycles. The summed E-state index contributed by atoms with van der Waals surface area (Å²) >= 11 is 3.45. The molecule has 0 amide bonds. The first-order valence-corrected chi connectivity index (χ1v) is 11.1. The Morgan fingerprint density at radius 3 is 2.12 bits per heavy atom. The van der Waals surface area contributed by atoms with Gasteiger partial charge in [0.05, 0.1) is 0 Å². The number of allylic oxidation sites excluding steroid dienone is 9. The van der Waals surface area contributed by atoms with E-state index in [9.17, 15) is 0 Å². The molecule has 0 aliphatic heterocycles. The van der Waals surface area contributed by atoms with Gasteiger partial charge in [-0.2, -0.15) is 0 Å². The van der Waals surface area contributed by atoms with Crippen LogP contribution in [0.15, 0.2) is 59.3 Å². The number of rotatable bonds is 13. The van der Waals surface area contributed by atoms with Crippen molar-refractivity contribution in [1.82, 2.24) is 0 Å². The van der Waals surface area contributed by atoms with E-state index in [0.29, 0.717) is 0 Å². The third-order valence-corrected chi connectivity index (χ3v) is 4.98. The molecule has 0 aliphatic rings. The third-order valence-electron chi connectivity index (χ3n) is 4.65. The first kappa shape index (κ1) is 25.2. The lowest BCUT2D eigenvalue weighted by Crippen LogP contribution is -2.07. The van der Waals surface area contributed by atoms with E-state index in [1.54, 1.807) is 0 Å². The molecule has 0 aromatic heterocycles. The summed E-state index contributed by atoms with van der Waals surface area (Å²) in [5, 5.41) is 0.957. The van der Waals surface area contributed by atoms with Crippen LogP contribution in [0.2, 0.25) is 0 Å². The highest BCUT2D eigenvalue weighted by Crippen LogP contribution is 2.27. The topological polar surface area (TPSA) is 0 Å².